The van der Waals surface area contributed by atoms with Crippen molar-refractivity contribution in [3.8, 4) is 5.69 Å². The SMILES string of the molecule is CC(C)C(=O)Nc1cc2nn(-c3ccccc3)nc2cc1Cl. The van der Waals surface area contributed by atoms with Gasteiger partial charge in [0.15, 0.2) is 0 Å². The third-order valence-corrected chi connectivity index (χ3v) is 3.55. The molecule has 0 saturated carbocycles. The number of nitrogens with zero attached hydrogens (tertiary/aromatic N) is 3. The molecule has 0 bridgehead atoms. The highest BCUT2D eigenvalue weighted by Crippen LogP contribution is 2.27. The Labute approximate surface area is 132 Å². The molecule has 2 aromatic carbocycles. The van der Waals surface area contributed by atoms with E-state index in [2.05, 4.69) is 15.5 Å². The minimum absolute atomic E-state index is 0.0864. The molecule has 0 aliphatic heterocycles. The smallest absolute Gasteiger partial charge is 0.226 e. The molecule has 0 unspecified atom stereocenters. The maximum absolute atomic E-state index is 11.8. The summed E-state index contributed by atoms with van der Waals surface area (Å²) in [5.41, 5.74) is 2.76. The van der Waals surface area contributed by atoms with E-state index in [1.807, 2.05) is 44.2 Å². The zero-order valence-corrected chi connectivity index (χ0v) is 13.0. The molecule has 1 N–H and O–H groups in total. The molecule has 1 amide bonds. The van der Waals surface area contributed by atoms with Gasteiger partial charge in [0.25, 0.3) is 0 Å². The fourth-order valence-electron chi connectivity index (χ4n) is 1.99. The number of carbonyl (C=O) groups excluding carboxylic acids is 1. The molecule has 0 spiro atoms. The molecule has 5 nitrogen and oxygen atoms in total. The topological polar surface area (TPSA) is 59.8 Å². The van der Waals surface area contributed by atoms with E-state index in [1.54, 1.807) is 16.9 Å². The normalized spacial score (nSPS) is 11.1. The lowest BCUT2D eigenvalue weighted by Gasteiger charge is -2.08. The van der Waals surface area contributed by atoms with Gasteiger partial charge >= 0.3 is 0 Å². The molecule has 112 valence electrons. The van der Waals surface area contributed by atoms with Crippen molar-refractivity contribution in [3.63, 3.8) is 0 Å². The molecule has 3 aromatic rings. The van der Waals surface area contributed by atoms with E-state index in [9.17, 15) is 4.79 Å². The van der Waals surface area contributed by atoms with Crippen LogP contribution in [0.5, 0.6) is 0 Å². The zero-order chi connectivity index (χ0) is 15.7. The lowest BCUT2D eigenvalue weighted by atomic mass is 10.2. The highest BCUT2D eigenvalue weighted by Gasteiger charge is 2.13. The number of fused-ring (bicyclic) bond motifs is 1. The number of carbonyl (C=O) groups is 1. The van der Waals surface area contributed by atoms with Crippen molar-refractivity contribution in [2.24, 2.45) is 5.92 Å². The average Bonchev–Trinajstić information content (AvgIpc) is 2.91. The molecule has 0 aliphatic carbocycles. The second kappa shape index (κ2) is 5.77. The number of para-hydroxylation sites is 1. The molecular weight excluding hydrogens is 300 g/mol. The number of nitrogens with one attached hydrogen (secondary N) is 1. The van der Waals surface area contributed by atoms with Crippen LogP contribution in [0, 0.1) is 5.92 Å². The number of hydrogen-bond acceptors (Lipinski definition) is 3. The number of benzene rings is 2. The number of halogens is 1. The Hall–Kier alpha value is -2.40. The summed E-state index contributed by atoms with van der Waals surface area (Å²) >= 11 is 6.22. The molecule has 0 aliphatic rings. The highest BCUT2D eigenvalue weighted by molar-refractivity contribution is 6.34. The molecule has 6 heteroatoms. The summed E-state index contributed by atoms with van der Waals surface area (Å²) in [6, 6.07) is 13.1. The van der Waals surface area contributed by atoms with Gasteiger partial charge < -0.3 is 5.32 Å². The summed E-state index contributed by atoms with van der Waals surface area (Å²) in [5.74, 6) is -0.205. The van der Waals surface area contributed by atoms with E-state index >= 15 is 0 Å². The van der Waals surface area contributed by atoms with Crippen molar-refractivity contribution in [1.29, 1.82) is 0 Å². The quantitative estimate of drug-likeness (QED) is 0.802. The van der Waals surface area contributed by atoms with Gasteiger partial charge in [-0.1, -0.05) is 43.6 Å². The van der Waals surface area contributed by atoms with E-state index in [1.165, 1.54) is 0 Å². The lowest BCUT2D eigenvalue weighted by molar-refractivity contribution is -0.118. The van der Waals surface area contributed by atoms with E-state index in [4.69, 9.17) is 11.6 Å². The number of anilines is 1. The monoisotopic (exact) mass is 314 g/mol. The van der Waals surface area contributed by atoms with Crippen LogP contribution in [-0.2, 0) is 4.79 Å². The van der Waals surface area contributed by atoms with Gasteiger partial charge in [-0.05, 0) is 24.3 Å². The average molecular weight is 315 g/mol. The van der Waals surface area contributed by atoms with Crippen molar-refractivity contribution in [1.82, 2.24) is 15.0 Å². The standard InChI is InChI=1S/C16H15ClN4O/c1-10(2)16(22)18-13-9-15-14(8-12(13)17)19-21(20-15)11-6-4-3-5-7-11/h3-10H,1-2H3,(H,18,22). The molecular formula is C16H15ClN4O. The van der Waals surface area contributed by atoms with E-state index in [-0.39, 0.29) is 11.8 Å². The van der Waals surface area contributed by atoms with Crippen molar-refractivity contribution in [2.45, 2.75) is 13.8 Å². The Morgan fingerprint density at radius 2 is 1.77 bits per heavy atom. The molecule has 0 atom stereocenters. The van der Waals surface area contributed by atoms with Gasteiger partial charge in [-0.2, -0.15) is 4.80 Å². The van der Waals surface area contributed by atoms with Crippen LogP contribution in [0.15, 0.2) is 42.5 Å². The Kier molecular flexibility index (Phi) is 3.81. The second-order valence-corrected chi connectivity index (χ2v) is 5.70. The third kappa shape index (κ3) is 2.80. The predicted molar refractivity (Wildman–Crippen MR) is 87.3 cm³/mol. The molecule has 3 rings (SSSR count). The minimum atomic E-state index is -0.119. The number of rotatable bonds is 3. The van der Waals surface area contributed by atoms with Gasteiger partial charge in [0, 0.05) is 5.92 Å². The van der Waals surface area contributed by atoms with E-state index < -0.39 is 0 Å². The van der Waals surface area contributed by atoms with Gasteiger partial charge in [-0.3, -0.25) is 4.79 Å². The summed E-state index contributed by atoms with van der Waals surface area (Å²) in [7, 11) is 0. The van der Waals surface area contributed by atoms with Gasteiger partial charge in [-0.25, -0.2) is 0 Å². The molecule has 0 radical (unpaired) electrons. The van der Waals surface area contributed by atoms with Crippen molar-refractivity contribution >= 4 is 34.2 Å². The maximum Gasteiger partial charge on any atom is 0.226 e. The predicted octanol–water partition coefficient (Wildman–Crippen LogP) is 3.67. The molecule has 0 fully saturated rings. The van der Waals surface area contributed by atoms with E-state index in [0.717, 1.165) is 5.69 Å². The van der Waals surface area contributed by atoms with Crippen LogP contribution in [0.4, 0.5) is 5.69 Å². The van der Waals surface area contributed by atoms with Gasteiger partial charge in [0.1, 0.15) is 11.0 Å². The highest BCUT2D eigenvalue weighted by atomic mass is 35.5. The summed E-state index contributed by atoms with van der Waals surface area (Å²) in [5, 5.41) is 12.1. The molecule has 1 heterocycles. The van der Waals surface area contributed by atoms with Crippen LogP contribution < -0.4 is 5.32 Å². The van der Waals surface area contributed by atoms with Crippen molar-refractivity contribution in [2.75, 3.05) is 5.32 Å². The van der Waals surface area contributed by atoms with Crippen LogP contribution in [0.25, 0.3) is 16.7 Å². The summed E-state index contributed by atoms with van der Waals surface area (Å²) in [6.07, 6.45) is 0. The lowest BCUT2D eigenvalue weighted by Crippen LogP contribution is -2.17. The largest absolute Gasteiger partial charge is 0.324 e. The van der Waals surface area contributed by atoms with Crippen LogP contribution in [-0.4, -0.2) is 20.9 Å². The number of hydrogen-bond donors (Lipinski definition) is 1. The summed E-state index contributed by atoms with van der Waals surface area (Å²) in [6.45, 7) is 3.65. The summed E-state index contributed by atoms with van der Waals surface area (Å²) in [4.78, 5) is 13.4. The first-order chi connectivity index (χ1) is 10.5. The first kappa shape index (κ1) is 14.5. The Bertz CT molecular complexity index is 827. The Morgan fingerprint density at radius 3 is 2.41 bits per heavy atom. The minimum Gasteiger partial charge on any atom is -0.324 e. The van der Waals surface area contributed by atoms with Crippen molar-refractivity contribution in [3.05, 3.63) is 47.5 Å². The van der Waals surface area contributed by atoms with E-state index in [0.29, 0.717) is 21.7 Å². The first-order valence-corrected chi connectivity index (χ1v) is 7.35. The maximum atomic E-state index is 11.8. The van der Waals surface area contributed by atoms with Crippen LogP contribution in [0.3, 0.4) is 0 Å². The zero-order valence-electron chi connectivity index (χ0n) is 12.2. The van der Waals surface area contributed by atoms with Crippen LogP contribution in [0.1, 0.15) is 13.8 Å². The fraction of sp³-hybridized carbons (Fsp3) is 0.188. The Balaban J connectivity index is 2.01. The van der Waals surface area contributed by atoms with Crippen LogP contribution >= 0.6 is 11.6 Å². The van der Waals surface area contributed by atoms with Crippen molar-refractivity contribution < 1.29 is 4.79 Å². The number of amides is 1. The van der Waals surface area contributed by atoms with Gasteiger partial charge in [-0.15, -0.1) is 10.2 Å². The fourth-order valence-corrected chi connectivity index (χ4v) is 2.19. The molecule has 0 saturated heterocycles. The first-order valence-electron chi connectivity index (χ1n) is 6.97. The molecule has 22 heavy (non-hydrogen) atoms. The number of aromatic nitrogens is 3. The summed E-state index contributed by atoms with van der Waals surface area (Å²) < 4.78 is 0. The third-order valence-electron chi connectivity index (χ3n) is 3.24. The van der Waals surface area contributed by atoms with Crippen LogP contribution in [0.2, 0.25) is 5.02 Å². The van der Waals surface area contributed by atoms with Gasteiger partial charge in [0.05, 0.1) is 16.4 Å². The second-order valence-electron chi connectivity index (χ2n) is 5.29. The Morgan fingerprint density at radius 1 is 1.14 bits per heavy atom. The molecule has 1 aromatic heterocycles. The van der Waals surface area contributed by atoms with Gasteiger partial charge in [0.2, 0.25) is 5.91 Å².